The van der Waals surface area contributed by atoms with Gasteiger partial charge in [0.1, 0.15) is 5.56 Å². The molecule has 2 aromatic rings. The molecule has 100 valence electrons. The molecule has 1 heterocycles. The number of carbonyl (C=O) groups excluding carboxylic acids is 1. The van der Waals surface area contributed by atoms with Gasteiger partial charge in [-0.3, -0.25) is 4.79 Å². The van der Waals surface area contributed by atoms with Crippen molar-refractivity contribution in [3.8, 4) is 5.69 Å². The molecule has 0 radical (unpaired) electrons. The molecule has 1 amide bonds. The largest absolute Gasteiger partial charge is 1.00 e. The molecule has 3 nitrogen and oxygen atoms in total. The van der Waals surface area contributed by atoms with Crippen LogP contribution in [-0.2, 0) is 0 Å². The van der Waals surface area contributed by atoms with E-state index >= 15 is 0 Å². The number of halogens is 1. The minimum Gasteiger partial charge on any atom is -1.00 e. The van der Waals surface area contributed by atoms with Gasteiger partial charge in [-0.2, -0.15) is 4.57 Å². The number of hydrogen-bond donors (Lipinski definition) is 1. The topological polar surface area (TPSA) is 47.0 Å². The highest BCUT2D eigenvalue weighted by Crippen LogP contribution is 2.16. The Bertz CT molecular complexity index is 600. The van der Waals surface area contributed by atoms with E-state index in [1.165, 1.54) is 16.7 Å². The SMILES string of the molecule is Cc1cc(C)c(-[n+]2cccc(C(N)=O)c2)c(C)c1.[Cl-]. The van der Waals surface area contributed by atoms with Crippen molar-refractivity contribution in [3.63, 3.8) is 0 Å². The van der Waals surface area contributed by atoms with Crippen molar-refractivity contribution in [1.29, 1.82) is 0 Å². The Balaban J connectivity index is 0.00000180. The maximum Gasteiger partial charge on any atom is 0.254 e. The lowest BCUT2D eigenvalue weighted by Gasteiger charge is -2.06. The van der Waals surface area contributed by atoms with E-state index in [0.29, 0.717) is 5.56 Å². The van der Waals surface area contributed by atoms with Gasteiger partial charge in [-0.05, 0) is 39.0 Å². The molecular formula is C15H17ClN2O. The molecule has 4 heteroatoms. The van der Waals surface area contributed by atoms with Crippen LogP contribution >= 0.6 is 0 Å². The summed E-state index contributed by atoms with van der Waals surface area (Å²) in [5.41, 5.74) is 10.5. The van der Waals surface area contributed by atoms with Crippen LogP contribution in [0.1, 0.15) is 27.0 Å². The second-order valence-corrected chi connectivity index (χ2v) is 4.61. The summed E-state index contributed by atoms with van der Waals surface area (Å²) in [4.78, 5) is 11.2. The highest BCUT2D eigenvalue weighted by Gasteiger charge is 2.15. The standard InChI is InChI=1S/C15H16N2O.ClH/c1-10-7-11(2)14(12(3)8-10)17-6-4-5-13(9-17)15(16)18;/h4-9H,1-3H3,(H-,16,18);1H. The molecule has 0 atom stereocenters. The van der Waals surface area contributed by atoms with Gasteiger partial charge in [-0.15, -0.1) is 0 Å². The van der Waals surface area contributed by atoms with Gasteiger partial charge >= 0.3 is 0 Å². The number of pyridine rings is 1. The number of aryl methyl sites for hydroxylation is 3. The van der Waals surface area contributed by atoms with E-state index in [2.05, 4.69) is 32.9 Å². The first-order valence-electron chi connectivity index (χ1n) is 5.88. The van der Waals surface area contributed by atoms with Gasteiger partial charge in [0.15, 0.2) is 12.4 Å². The van der Waals surface area contributed by atoms with Crippen molar-refractivity contribution in [1.82, 2.24) is 0 Å². The Morgan fingerprint density at radius 2 is 1.74 bits per heavy atom. The van der Waals surface area contributed by atoms with Crippen LogP contribution in [-0.4, -0.2) is 5.91 Å². The fourth-order valence-electron chi connectivity index (χ4n) is 2.34. The smallest absolute Gasteiger partial charge is 0.254 e. The monoisotopic (exact) mass is 276 g/mol. The lowest BCUT2D eigenvalue weighted by atomic mass is 10.0. The number of rotatable bonds is 2. The van der Waals surface area contributed by atoms with Crippen LogP contribution in [0.4, 0.5) is 0 Å². The van der Waals surface area contributed by atoms with E-state index in [0.717, 1.165) is 5.69 Å². The Morgan fingerprint density at radius 3 is 2.26 bits per heavy atom. The summed E-state index contributed by atoms with van der Waals surface area (Å²) in [7, 11) is 0. The average Bonchev–Trinajstić information content (AvgIpc) is 2.28. The number of carbonyl (C=O) groups is 1. The average molecular weight is 277 g/mol. The Labute approximate surface area is 119 Å². The van der Waals surface area contributed by atoms with Crippen LogP contribution in [0.5, 0.6) is 0 Å². The number of hydrogen-bond acceptors (Lipinski definition) is 1. The zero-order valence-electron chi connectivity index (χ0n) is 11.3. The van der Waals surface area contributed by atoms with E-state index in [4.69, 9.17) is 5.73 Å². The third-order valence-corrected chi connectivity index (χ3v) is 2.98. The summed E-state index contributed by atoms with van der Waals surface area (Å²) in [5, 5.41) is 0. The molecule has 0 fully saturated rings. The molecule has 0 saturated heterocycles. The van der Waals surface area contributed by atoms with Gasteiger partial charge in [0.05, 0.1) is 0 Å². The van der Waals surface area contributed by atoms with Gasteiger partial charge < -0.3 is 18.1 Å². The van der Waals surface area contributed by atoms with Crippen LogP contribution in [0.2, 0.25) is 0 Å². The van der Waals surface area contributed by atoms with Crippen molar-refractivity contribution in [2.24, 2.45) is 5.73 Å². The first-order chi connectivity index (χ1) is 8.49. The number of benzene rings is 1. The Kier molecular flexibility index (Phi) is 4.67. The van der Waals surface area contributed by atoms with E-state index in [1.54, 1.807) is 12.3 Å². The summed E-state index contributed by atoms with van der Waals surface area (Å²) in [6, 6.07) is 7.81. The second-order valence-electron chi connectivity index (χ2n) is 4.61. The molecule has 0 spiro atoms. The fourth-order valence-corrected chi connectivity index (χ4v) is 2.34. The third kappa shape index (κ3) is 3.12. The molecule has 0 saturated carbocycles. The van der Waals surface area contributed by atoms with Gasteiger partial charge in [0.2, 0.25) is 5.69 Å². The van der Waals surface area contributed by atoms with E-state index in [-0.39, 0.29) is 12.4 Å². The maximum absolute atomic E-state index is 11.2. The first-order valence-corrected chi connectivity index (χ1v) is 5.88. The molecule has 0 aliphatic heterocycles. The van der Waals surface area contributed by atoms with Crippen molar-refractivity contribution in [2.45, 2.75) is 20.8 Å². The quantitative estimate of drug-likeness (QED) is 0.702. The van der Waals surface area contributed by atoms with Crippen LogP contribution in [0.25, 0.3) is 5.69 Å². The van der Waals surface area contributed by atoms with Crippen LogP contribution in [0, 0.1) is 20.8 Å². The van der Waals surface area contributed by atoms with E-state index < -0.39 is 5.91 Å². The lowest BCUT2D eigenvalue weighted by molar-refractivity contribution is -0.596. The van der Waals surface area contributed by atoms with Gasteiger partial charge in [-0.1, -0.05) is 5.56 Å². The number of primary amides is 1. The zero-order chi connectivity index (χ0) is 13.3. The molecule has 0 bridgehead atoms. The molecule has 0 unspecified atom stereocenters. The lowest BCUT2D eigenvalue weighted by Crippen LogP contribution is -3.00. The molecule has 0 aliphatic carbocycles. The van der Waals surface area contributed by atoms with Crippen LogP contribution in [0.15, 0.2) is 36.7 Å². The number of aromatic nitrogens is 1. The summed E-state index contributed by atoms with van der Waals surface area (Å²) < 4.78 is 1.95. The second kappa shape index (κ2) is 5.85. The van der Waals surface area contributed by atoms with Gasteiger partial charge in [0, 0.05) is 17.2 Å². The summed E-state index contributed by atoms with van der Waals surface area (Å²) in [5.74, 6) is -0.410. The molecule has 2 N–H and O–H groups in total. The normalized spacial score (nSPS) is 9.84. The fraction of sp³-hybridized carbons (Fsp3) is 0.200. The maximum atomic E-state index is 11.2. The molecule has 0 aliphatic rings. The van der Waals surface area contributed by atoms with Gasteiger partial charge in [0.25, 0.3) is 5.91 Å². The summed E-state index contributed by atoms with van der Waals surface area (Å²) in [6.07, 6.45) is 3.70. The Morgan fingerprint density at radius 1 is 1.16 bits per heavy atom. The highest BCUT2D eigenvalue weighted by atomic mass is 35.5. The van der Waals surface area contributed by atoms with Crippen molar-refractivity contribution in [3.05, 3.63) is 58.9 Å². The number of amides is 1. The van der Waals surface area contributed by atoms with E-state index in [9.17, 15) is 4.79 Å². The number of nitrogens with two attached hydrogens (primary N) is 1. The highest BCUT2D eigenvalue weighted by molar-refractivity contribution is 5.92. The predicted octanol–water partition coefficient (Wildman–Crippen LogP) is -1.01. The van der Waals surface area contributed by atoms with Crippen molar-refractivity contribution >= 4 is 5.91 Å². The summed E-state index contributed by atoms with van der Waals surface area (Å²) in [6.45, 7) is 6.22. The van der Waals surface area contributed by atoms with Crippen molar-refractivity contribution < 1.29 is 21.8 Å². The van der Waals surface area contributed by atoms with E-state index in [1.807, 2.05) is 16.8 Å². The molecule has 1 aromatic carbocycles. The van der Waals surface area contributed by atoms with Crippen molar-refractivity contribution in [2.75, 3.05) is 0 Å². The molecule has 1 aromatic heterocycles. The minimum absolute atomic E-state index is 0. The first kappa shape index (κ1) is 15.2. The Hall–Kier alpha value is -1.87. The molecule has 19 heavy (non-hydrogen) atoms. The van der Waals surface area contributed by atoms with Crippen LogP contribution in [0.3, 0.4) is 0 Å². The minimum atomic E-state index is -0.410. The van der Waals surface area contributed by atoms with Gasteiger partial charge in [-0.25, -0.2) is 0 Å². The summed E-state index contributed by atoms with van der Waals surface area (Å²) >= 11 is 0. The predicted molar refractivity (Wildman–Crippen MR) is 70.7 cm³/mol. The zero-order valence-corrected chi connectivity index (χ0v) is 12.0. The number of nitrogens with zero attached hydrogens (tertiary/aromatic N) is 1. The van der Waals surface area contributed by atoms with Crippen LogP contribution < -0.4 is 22.7 Å². The molecule has 2 rings (SSSR count). The molecular weight excluding hydrogens is 260 g/mol. The third-order valence-electron chi connectivity index (χ3n) is 2.98.